The number of fused-ring (bicyclic) bond motifs is 1. The zero-order valence-electron chi connectivity index (χ0n) is 15.5. The standard InChI is InChI=1S/C22H20N4O2/c1-26(11-12-28-17-7-3-2-4-8-17)22(27)19-13-21(16-14-23-24-15-16)25-20-10-6-5-9-18(19)20/h2-10,13-15H,11-12H2,1H3,(H,23,24). The van der Waals surface area contributed by atoms with E-state index in [0.717, 1.165) is 22.2 Å². The molecule has 2 heterocycles. The summed E-state index contributed by atoms with van der Waals surface area (Å²) < 4.78 is 5.71. The van der Waals surface area contributed by atoms with Crippen molar-refractivity contribution in [3.05, 3.63) is 78.6 Å². The Balaban J connectivity index is 1.57. The van der Waals surface area contributed by atoms with E-state index in [-0.39, 0.29) is 5.91 Å². The van der Waals surface area contributed by atoms with Gasteiger partial charge in [0.05, 0.1) is 29.5 Å². The third-order valence-corrected chi connectivity index (χ3v) is 4.53. The molecule has 2 aromatic carbocycles. The highest BCUT2D eigenvalue weighted by Crippen LogP contribution is 2.25. The van der Waals surface area contributed by atoms with Gasteiger partial charge in [0.1, 0.15) is 12.4 Å². The fourth-order valence-electron chi connectivity index (χ4n) is 3.02. The molecule has 1 N–H and O–H groups in total. The number of carbonyl (C=O) groups is 1. The van der Waals surface area contributed by atoms with E-state index in [1.54, 1.807) is 24.3 Å². The van der Waals surface area contributed by atoms with Crippen LogP contribution in [0.15, 0.2) is 73.1 Å². The van der Waals surface area contributed by atoms with Crippen molar-refractivity contribution < 1.29 is 9.53 Å². The van der Waals surface area contributed by atoms with Gasteiger partial charge in [0.15, 0.2) is 0 Å². The maximum absolute atomic E-state index is 13.1. The summed E-state index contributed by atoms with van der Waals surface area (Å²) in [5, 5.41) is 7.60. The molecule has 4 aromatic rings. The van der Waals surface area contributed by atoms with Crippen molar-refractivity contribution in [1.29, 1.82) is 0 Å². The number of nitrogens with zero attached hydrogens (tertiary/aromatic N) is 3. The quantitative estimate of drug-likeness (QED) is 0.559. The Morgan fingerprint density at radius 2 is 1.89 bits per heavy atom. The number of aromatic nitrogens is 3. The van der Waals surface area contributed by atoms with Crippen LogP contribution in [0.25, 0.3) is 22.2 Å². The van der Waals surface area contributed by atoms with Gasteiger partial charge in [-0.2, -0.15) is 5.10 Å². The summed E-state index contributed by atoms with van der Waals surface area (Å²) in [6, 6.07) is 19.1. The van der Waals surface area contributed by atoms with Gasteiger partial charge in [0.2, 0.25) is 0 Å². The Labute approximate surface area is 162 Å². The molecule has 0 aliphatic heterocycles. The van der Waals surface area contributed by atoms with Crippen LogP contribution in [0, 0.1) is 0 Å². The van der Waals surface area contributed by atoms with E-state index in [2.05, 4.69) is 15.2 Å². The monoisotopic (exact) mass is 372 g/mol. The summed E-state index contributed by atoms with van der Waals surface area (Å²) in [5.41, 5.74) is 2.95. The molecule has 0 saturated carbocycles. The number of carbonyl (C=O) groups excluding carboxylic acids is 1. The molecule has 0 saturated heterocycles. The van der Waals surface area contributed by atoms with Crippen LogP contribution in [0.5, 0.6) is 5.75 Å². The minimum absolute atomic E-state index is 0.0694. The first-order valence-corrected chi connectivity index (χ1v) is 9.04. The smallest absolute Gasteiger partial charge is 0.254 e. The fourth-order valence-corrected chi connectivity index (χ4v) is 3.02. The summed E-state index contributed by atoms with van der Waals surface area (Å²) >= 11 is 0. The topological polar surface area (TPSA) is 71.1 Å². The average molecular weight is 372 g/mol. The lowest BCUT2D eigenvalue weighted by molar-refractivity contribution is 0.0775. The first-order chi connectivity index (χ1) is 13.7. The Bertz CT molecular complexity index is 1080. The second kappa shape index (κ2) is 7.92. The summed E-state index contributed by atoms with van der Waals surface area (Å²) in [4.78, 5) is 19.5. The number of H-pyrrole nitrogens is 1. The van der Waals surface area contributed by atoms with Gasteiger partial charge in [-0.15, -0.1) is 0 Å². The number of aromatic amines is 1. The Morgan fingerprint density at radius 1 is 1.11 bits per heavy atom. The van der Waals surface area contributed by atoms with Crippen molar-refractivity contribution in [1.82, 2.24) is 20.1 Å². The molecule has 0 aliphatic carbocycles. The first-order valence-electron chi connectivity index (χ1n) is 9.04. The van der Waals surface area contributed by atoms with Gasteiger partial charge in [-0.3, -0.25) is 9.89 Å². The fraction of sp³-hybridized carbons (Fsp3) is 0.136. The van der Waals surface area contributed by atoms with E-state index in [0.29, 0.717) is 24.4 Å². The van der Waals surface area contributed by atoms with Gasteiger partial charge < -0.3 is 9.64 Å². The van der Waals surface area contributed by atoms with Crippen molar-refractivity contribution in [3.63, 3.8) is 0 Å². The maximum atomic E-state index is 13.1. The van der Waals surface area contributed by atoms with Crippen LogP contribution < -0.4 is 4.74 Å². The zero-order chi connectivity index (χ0) is 19.3. The number of pyridine rings is 1. The molecule has 28 heavy (non-hydrogen) atoms. The number of rotatable bonds is 6. The average Bonchev–Trinajstić information content (AvgIpc) is 3.28. The Morgan fingerprint density at radius 3 is 2.68 bits per heavy atom. The normalized spacial score (nSPS) is 10.8. The number of likely N-dealkylation sites (N-methyl/N-ethyl adjacent to an activating group) is 1. The molecule has 1 amide bonds. The minimum atomic E-state index is -0.0694. The van der Waals surface area contributed by atoms with Gasteiger partial charge >= 0.3 is 0 Å². The SMILES string of the molecule is CN(CCOc1ccccc1)C(=O)c1cc(-c2cn[nH]c2)nc2ccccc12. The predicted octanol–water partition coefficient (Wildman–Crippen LogP) is 3.78. The number of amides is 1. The third-order valence-electron chi connectivity index (χ3n) is 4.53. The summed E-state index contributed by atoms with van der Waals surface area (Å²) in [5.74, 6) is 0.722. The number of ether oxygens (including phenoxy) is 1. The zero-order valence-corrected chi connectivity index (χ0v) is 15.5. The molecular formula is C22H20N4O2. The minimum Gasteiger partial charge on any atom is -0.492 e. The van der Waals surface area contributed by atoms with E-state index in [1.165, 1.54) is 0 Å². The van der Waals surface area contributed by atoms with E-state index in [4.69, 9.17) is 4.74 Å². The molecule has 0 unspecified atom stereocenters. The number of benzene rings is 2. The van der Waals surface area contributed by atoms with E-state index < -0.39 is 0 Å². The molecule has 2 aromatic heterocycles. The summed E-state index contributed by atoms with van der Waals surface area (Å²) in [7, 11) is 1.78. The van der Waals surface area contributed by atoms with Crippen LogP contribution in [0.2, 0.25) is 0 Å². The molecule has 6 heteroatoms. The second-order valence-electron chi connectivity index (χ2n) is 6.45. The van der Waals surface area contributed by atoms with Gasteiger partial charge in [0.25, 0.3) is 5.91 Å². The first kappa shape index (κ1) is 17.7. The van der Waals surface area contributed by atoms with Crippen LogP contribution in [0.1, 0.15) is 10.4 Å². The number of para-hydroxylation sites is 2. The second-order valence-corrected chi connectivity index (χ2v) is 6.45. The summed E-state index contributed by atoms with van der Waals surface area (Å²) in [6.07, 6.45) is 3.46. The largest absolute Gasteiger partial charge is 0.492 e. The molecule has 0 fully saturated rings. The highest BCUT2D eigenvalue weighted by atomic mass is 16.5. The van der Waals surface area contributed by atoms with Gasteiger partial charge in [-0.05, 0) is 24.3 Å². The van der Waals surface area contributed by atoms with Gasteiger partial charge in [-0.1, -0.05) is 36.4 Å². The van der Waals surface area contributed by atoms with Crippen molar-refractivity contribution in [2.45, 2.75) is 0 Å². The maximum Gasteiger partial charge on any atom is 0.254 e. The lowest BCUT2D eigenvalue weighted by atomic mass is 10.0. The molecule has 0 atom stereocenters. The number of hydrogen-bond acceptors (Lipinski definition) is 4. The van der Waals surface area contributed by atoms with Crippen molar-refractivity contribution in [2.75, 3.05) is 20.2 Å². The van der Waals surface area contributed by atoms with Crippen LogP contribution in [0.4, 0.5) is 0 Å². The lowest BCUT2D eigenvalue weighted by Crippen LogP contribution is -2.31. The molecule has 4 rings (SSSR count). The van der Waals surface area contributed by atoms with Crippen molar-refractivity contribution >= 4 is 16.8 Å². The van der Waals surface area contributed by atoms with E-state index in [9.17, 15) is 4.79 Å². The van der Waals surface area contributed by atoms with Crippen molar-refractivity contribution in [3.8, 4) is 17.0 Å². The lowest BCUT2D eigenvalue weighted by Gasteiger charge is -2.19. The van der Waals surface area contributed by atoms with Crippen LogP contribution in [0.3, 0.4) is 0 Å². The molecule has 0 bridgehead atoms. The highest BCUT2D eigenvalue weighted by Gasteiger charge is 2.17. The molecule has 6 nitrogen and oxygen atoms in total. The Kier molecular flexibility index (Phi) is 5.01. The van der Waals surface area contributed by atoms with Crippen LogP contribution in [-0.2, 0) is 0 Å². The van der Waals surface area contributed by atoms with Crippen LogP contribution in [-0.4, -0.2) is 46.2 Å². The van der Waals surface area contributed by atoms with Crippen LogP contribution >= 0.6 is 0 Å². The number of hydrogen-bond donors (Lipinski definition) is 1. The third kappa shape index (κ3) is 3.71. The molecular weight excluding hydrogens is 352 g/mol. The summed E-state index contributed by atoms with van der Waals surface area (Å²) in [6.45, 7) is 0.898. The highest BCUT2D eigenvalue weighted by molar-refractivity contribution is 6.07. The molecule has 0 aliphatic rings. The Hall–Kier alpha value is -3.67. The van der Waals surface area contributed by atoms with E-state index >= 15 is 0 Å². The predicted molar refractivity (Wildman–Crippen MR) is 108 cm³/mol. The van der Waals surface area contributed by atoms with Gasteiger partial charge in [-0.25, -0.2) is 4.98 Å². The molecule has 140 valence electrons. The number of nitrogens with one attached hydrogen (secondary N) is 1. The van der Waals surface area contributed by atoms with E-state index in [1.807, 2.05) is 60.7 Å². The van der Waals surface area contributed by atoms with Crippen molar-refractivity contribution in [2.24, 2.45) is 0 Å². The molecule has 0 spiro atoms. The molecule has 0 radical (unpaired) electrons. The van der Waals surface area contributed by atoms with Gasteiger partial charge in [0, 0.05) is 24.2 Å².